The summed E-state index contributed by atoms with van der Waals surface area (Å²) in [5.74, 6) is 0.0224. The van der Waals surface area contributed by atoms with Crippen molar-refractivity contribution in [2.45, 2.75) is 60.9 Å². The van der Waals surface area contributed by atoms with E-state index in [0.29, 0.717) is 30.8 Å². The Bertz CT molecular complexity index is 823. The van der Waals surface area contributed by atoms with Gasteiger partial charge in [0.05, 0.1) is 18.6 Å². The Morgan fingerprint density at radius 1 is 1.13 bits per heavy atom. The van der Waals surface area contributed by atoms with Crippen LogP contribution in [0.1, 0.15) is 80.1 Å². The maximum absolute atomic E-state index is 12.5. The summed E-state index contributed by atoms with van der Waals surface area (Å²) in [4.78, 5) is 30.7. The number of imidazole rings is 1. The average molecular weight is 416 g/mol. The molecule has 0 atom stereocenters. The van der Waals surface area contributed by atoms with Gasteiger partial charge >= 0.3 is 0 Å². The van der Waals surface area contributed by atoms with Crippen LogP contribution in [0.2, 0.25) is 0 Å². The van der Waals surface area contributed by atoms with Crippen LogP contribution in [-0.2, 0) is 13.0 Å². The number of aliphatic hydroxyl groups excluding tert-OH is 1. The quantitative estimate of drug-likeness (QED) is 0.794. The maximum atomic E-state index is 12.5. The van der Waals surface area contributed by atoms with Crippen molar-refractivity contribution in [2.75, 3.05) is 20.2 Å². The summed E-state index contributed by atoms with van der Waals surface area (Å²) in [6, 6.07) is 7.34. The molecule has 0 saturated carbocycles. The summed E-state index contributed by atoms with van der Waals surface area (Å²) >= 11 is 0. The Morgan fingerprint density at radius 3 is 2.30 bits per heavy atom. The van der Waals surface area contributed by atoms with Gasteiger partial charge in [-0.3, -0.25) is 9.59 Å². The fourth-order valence-electron chi connectivity index (χ4n) is 3.45. The zero-order valence-electron chi connectivity index (χ0n) is 19.5. The summed E-state index contributed by atoms with van der Waals surface area (Å²) in [5, 5.41) is 8.94. The molecule has 0 radical (unpaired) electrons. The minimum absolute atomic E-state index is 0.0358. The fourth-order valence-corrected chi connectivity index (χ4v) is 3.45. The molecule has 0 fully saturated rings. The SMILES string of the molecule is CC.CC.CN(CCO)C(=O)c1ccc(Cn2cnc3c2C(=O)CC(C)(C)C3)cc1. The Kier molecular flexibility index (Phi) is 9.93. The van der Waals surface area contributed by atoms with Gasteiger partial charge in [0.2, 0.25) is 0 Å². The van der Waals surface area contributed by atoms with Gasteiger partial charge in [-0.1, -0.05) is 53.7 Å². The molecule has 0 spiro atoms. The molecule has 1 aliphatic rings. The predicted octanol–water partition coefficient (Wildman–Crippen LogP) is 4.20. The first kappa shape index (κ1) is 25.6. The number of fused-ring (bicyclic) bond motifs is 1. The molecule has 30 heavy (non-hydrogen) atoms. The molecule has 2 aromatic rings. The Labute approximate surface area is 180 Å². The highest BCUT2D eigenvalue weighted by molar-refractivity contribution is 5.97. The Balaban J connectivity index is 0.00000106. The molecule has 6 nitrogen and oxygen atoms in total. The van der Waals surface area contributed by atoms with Gasteiger partial charge in [-0.15, -0.1) is 0 Å². The number of carbonyl (C=O) groups excluding carboxylic acids is 2. The van der Waals surface area contributed by atoms with Gasteiger partial charge in [-0.2, -0.15) is 0 Å². The fraction of sp³-hybridized carbons (Fsp3) is 0.542. The van der Waals surface area contributed by atoms with Crippen LogP contribution in [0.4, 0.5) is 0 Å². The number of likely N-dealkylation sites (N-methyl/N-ethyl adjacent to an activating group) is 1. The predicted molar refractivity (Wildman–Crippen MR) is 121 cm³/mol. The molecule has 0 aliphatic heterocycles. The summed E-state index contributed by atoms with van der Waals surface area (Å²) < 4.78 is 1.90. The van der Waals surface area contributed by atoms with Gasteiger partial charge in [0.25, 0.3) is 5.91 Å². The van der Waals surface area contributed by atoms with Crippen LogP contribution in [0, 0.1) is 5.41 Å². The molecule has 166 valence electrons. The van der Waals surface area contributed by atoms with Crippen molar-refractivity contribution in [1.29, 1.82) is 0 Å². The zero-order chi connectivity index (χ0) is 22.9. The third-order valence-electron chi connectivity index (χ3n) is 4.80. The first-order valence-electron chi connectivity index (χ1n) is 10.8. The molecule has 3 rings (SSSR count). The second-order valence-electron chi connectivity index (χ2n) is 7.76. The topological polar surface area (TPSA) is 75.4 Å². The van der Waals surface area contributed by atoms with Crippen LogP contribution < -0.4 is 0 Å². The van der Waals surface area contributed by atoms with Gasteiger partial charge in [-0.25, -0.2) is 4.98 Å². The lowest BCUT2D eigenvalue weighted by atomic mass is 9.77. The van der Waals surface area contributed by atoms with Crippen molar-refractivity contribution < 1.29 is 14.7 Å². The minimum Gasteiger partial charge on any atom is -0.395 e. The van der Waals surface area contributed by atoms with E-state index in [4.69, 9.17) is 5.11 Å². The Morgan fingerprint density at radius 2 is 1.73 bits per heavy atom. The van der Waals surface area contributed by atoms with Gasteiger partial charge in [0.1, 0.15) is 5.69 Å². The van der Waals surface area contributed by atoms with Crippen LogP contribution in [0.5, 0.6) is 0 Å². The third-order valence-corrected chi connectivity index (χ3v) is 4.80. The Hall–Kier alpha value is -2.47. The molecule has 1 heterocycles. The minimum atomic E-state index is -0.122. The van der Waals surface area contributed by atoms with Crippen LogP contribution in [-0.4, -0.2) is 51.4 Å². The maximum Gasteiger partial charge on any atom is 0.253 e. The summed E-state index contributed by atoms with van der Waals surface area (Å²) in [6.07, 6.45) is 3.08. The highest BCUT2D eigenvalue weighted by Crippen LogP contribution is 2.34. The number of Topliss-reactive ketones (excluding diaryl/α,β-unsaturated/α-hetero) is 1. The number of aliphatic hydroxyl groups is 1. The third kappa shape index (κ3) is 6.26. The zero-order valence-corrected chi connectivity index (χ0v) is 19.5. The second-order valence-corrected chi connectivity index (χ2v) is 7.76. The largest absolute Gasteiger partial charge is 0.395 e. The lowest BCUT2D eigenvalue weighted by Gasteiger charge is -2.28. The van der Waals surface area contributed by atoms with Crippen molar-refractivity contribution in [3.8, 4) is 0 Å². The first-order valence-corrected chi connectivity index (χ1v) is 10.8. The monoisotopic (exact) mass is 415 g/mol. The highest BCUT2D eigenvalue weighted by atomic mass is 16.3. The summed E-state index contributed by atoms with van der Waals surface area (Å²) in [6.45, 7) is 13.0. The molecule has 1 amide bonds. The van der Waals surface area contributed by atoms with Gasteiger partial charge in [-0.05, 0) is 29.5 Å². The van der Waals surface area contributed by atoms with Gasteiger partial charge < -0.3 is 14.6 Å². The number of hydrogen-bond acceptors (Lipinski definition) is 4. The molecule has 1 aliphatic carbocycles. The van der Waals surface area contributed by atoms with Crippen LogP contribution >= 0.6 is 0 Å². The number of rotatable bonds is 5. The molecule has 1 aromatic heterocycles. The van der Waals surface area contributed by atoms with Crippen molar-refractivity contribution >= 4 is 11.7 Å². The highest BCUT2D eigenvalue weighted by Gasteiger charge is 2.34. The van der Waals surface area contributed by atoms with Crippen molar-refractivity contribution in [3.63, 3.8) is 0 Å². The molecule has 0 bridgehead atoms. The van der Waals surface area contributed by atoms with E-state index < -0.39 is 0 Å². The van der Waals surface area contributed by atoms with E-state index in [1.807, 2.05) is 44.4 Å². The van der Waals surface area contributed by atoms with E-state index in [-0.39, 0.29) is 23.7 Å². The van der Waals surface area contributed by atoms with E-state index in [0.717, 1.165) is 17.7 Å². The van der Waals surface area contributed by atoms with Gasteiger partial charge in [0.15, 0.2) is 5.78 Å². The molecule has 0 unspecified atom stereocenters. The standard InChI is InChI=1S/C20H25N3O3.2C2H6/c1-20(2)10-16-18(17(25)11-20)23(13-21-16)12-14-4-6-15(7-5-14)19(26)22(3)8-9-24;2*1-2/h4-7,13,24H,8-12H2,1-3H3;2*1-2H3. The molecule has 1 N–H and O–H groups in total. The molecule has 6 heteroatoms. The number of aromatic nitrogens is 2. The van der Waals surface area contributed by atoms with E-state index in [1.54, 1.807) is 25.5 Å². The van der Waals surface area contributed by atoms with E-state index in [9.17, 15) is 9.59 Å². The van der Waals surface area contributed by atoms with Crippen molar-refractivity contribution in [3.05, 3.63) is 53.1 Å². The normalized spacial score (nSPS) is 13.9. The summed E-state index contributed by atoms with van der Waals surface area (Å²) in [5.41, 5.74) is 3.14. The van der Waals surface area contributed by atoms with E-state index >= 15 is 0 Å². The van der Waals surface area contributed by atoms with Crippen LogP contribution in [0.25, 0.3) is 0 Å². The molecular weight excluding hydrogens is 378 g/mol. The number of nitrogens with zero attached hydrogens (tertiary/aromatic N) is 3. The molecule has 0 saturated heterocycles. The lowest BCUT2D eigenvalue weighted by Crippen LogP contribution is -2.29. The number of amides is 1. The van der Waals surface area contributed by atoms with Crippen molar-refractivity contribution in [2.24, 2.45) is 5.41 Å². The van der Waals surface area contributed by atoms with E-state index in [2.05, 4.69) is 18.8 Å². The van der Waals surface area contributed by atoms with Crippen LogP contribution in [0.3, 0.4) is 0 Å². The number of hydrogen-bond donors (Lipinski definition) is 1. The summed E-state index contributed by atoms with van der Waals surface area (Å²) in [7, 11) is 1.66. The lowest BCUT2D eigenvalue weighted by molar-refractivity contribution is 0.0766. The number of benzene rings is 1. The van der Waals surface area contributed by atoms with Crippen LogP contribution in [0.15, 0.2) is 30.6 Å². The van der Waals surface area contributed by atoms with Crippen molar-refractivity contribution in [1.82, 2.24) is 14.5 Å². The average Bonchev–Trinajstić information content (AvgIpc) is 3.12. The smallest absolute Gasteiger partial charge is 0.253 e. The van der Waals surface area contributed by atoms with E-state index in [1.165, 1.54) is 4.90 Å². The molecule has 1 aromatic carbocycles. The number of ketones is 1. The molecular formula is C24H37N3O3. The van der Waals surface area contributed by atoms with Gasteiger partial charge in [0, 0.05) is 32.1 Å². The first-order chi connectivity index (χ1) is 14.3. The number of carbonyl (C=O) groups is 2. The second kappa shape index (κ2) is 11.6.